The third-order valence-electron chi connectivity index (χ3n) is 2.96. The number of nitrogens with zero attached hydrogens (tertiary/aromatic N) is 3. The maximum absolute atomic E-state index is 8.96. The van der Waals surface area contributed by atoms with Gasteiger partial charge in [-0.3, -0.25) is 5.10 Å². The highest BCUT2D eigenvalue weighted by Crippen LogP contribution is 2.20. The third-order valence-corrected chi connectivity index (χ3v) is 3.12. The number of aromatic amines is 1. The number of aromatic nitrogens is 4. The lowest BCUT2D eigenvalue weighted by Crippen LogP contribution is -2.16. The van der Waals surface area contributed by atoms with E-state index in [-0.39, 0.29) is 11.9 Å². The molecule has 0 aliphatic rings. The van der Waals surface area contributed by atoms with Crippen LogP contribution in [-0.2, 0) is 0 Å². The first kappa shape index (κ1) is 13.0. The SMILES string of the molecule is CCC(CCO)CNc1nc(Cl)nc2[nH]ncc12. The molecule has 2 heterocycles. The average Bonchev–Trinajstić information content (AvgIpc) is 2.82. The zero-order chi connectivity index (χ0) is 13.0. The van der Waals surface area contributed by atoms with Crippen molar-refractivity contribution in [1.29, 1.82) is 0 Å². The average molecular weight is 270 g/mol. The van der Waals surface area contributed by atoms with E-state index in [1.165, 1.54) is 0 Å². The van der Waals surface area contributed by atoms with Gasteiger partial charge in [0.15, 0.2) is 5.65 Å². The van der Waals surface area contributed by atoms with Crippen LogP contribution < -0.4 is 5.32 Å². The summed E-state index contributed by atoms with van der Waals surface area (Å²) in [6, 6.07) is 0. The van der Waals surface area contributed by atoms with Gasteiger partial charge in [-0.15, -0.1) is 0 Å². The Kier molecular flexibility index (Phi) is 4.33. The van der Waals surface area contributed by atoms with Crippen molar-refractivity contribution in [2.75, 3.05) is 18.5 Å². The van der Waals surface area contributed by atoms with Crippen LogP contribution in [0.25, 0.3) is 11.0 Å². The number of hydrogen-bond acceptors (Lipinski definition) is 5. The quantitative estimate of drug-likeness (QED) is 0.697. The Balaban J connectivity index is 2.13. The lowest BCUT2D eigenvalue weighted by Gasteiger charge is -2.15. The van der Waals surface area contributed by atoms with E-state index < -0.39 is 0 Å². The fourth-order valence-electron chi connectivity index (χ4n) is 1.82. The summed E-state index contributed by atoms with van der Waals surface area (Å²) < 4.78 is 0. The standard InChI is InChI=1S/C11H16ClN5O/c1-2-7(3-4-18)5-13-9-8-6-14-17-10(8)16-11(12)15-9/h6-7,18H,2-5H2,1H3,(H2,13,14,15,16,17). The first-order valence-corrected chi connectivity index (χ1v) is 6.33. The van der Waals surface area contributed by atoms with Crippen LogP contribution in [0.5, 0.6) is 0 Å². The molecule has 3 N–H and O–H groups in total. The monoisotopic (exact) mass is 269 g/mol. The summed E-state index contributed by atoms with van der Waals surface area (Å²) in [7, 11) is 0. The minimum absolute atomic E-state index is 0.185. The minimum Gasteiger partial charge on any atom is -0.396 e. The van der Waals surface area contributed by atoms with Gasteiger partial charge in [-0.2, -0.15) is 15.1 Å². The van der Waals surface area contributed by atoms with Gasteiger partial charge in [0.05, 0.1) is 11.6 Å². The van der Waals surface area contributed by atoms with Crippen LogP contribution in [0.15, 0.2) is 6.20 Å². The molecule has 0 spiro atoms. The van der Waals surface area contributed by atoms with Gasteiger partial charge < -0.3 is 10.4 Å². The van der Waals surface area contributed by atoms with Crippen LogP contribution in [0.4, 0.5) is 5.82 Å². The summed E-state index contributed by atoms with van der Waals surface area (Å²) >= 11 is 5.84. The summed E-state index contributed by atoms with van der Waals surface area (Å²) in [5.74, 6) is 1.08. The molecule has 0 bridgehead atoms. The van der Waals surface area contributed by atoms with Gasteiger partial charge in [-0.1, -0.05) is 13.3 Å². The van der Waals surface area contributed by atoms with Crippen LogP contribution in [0.3, 0.4) is 0 Å². The molecule has 0 amide bonds. The smallest absolute Gasteiger partial charge is 0.226 e. The Morgan fingerprint density at radius 1 is 1.50 bits per heavy atom. The molecule has 18 heavy (non-hydrogen) atoms. The number of aliphatic hydroxyl groups excluding tert-OH is 1. The van der Waals surface area contributed by atoms with Gasteiger partial charge in [0, 0.05) is 13.2 Å². The number of anilines is 1. The summed E-state index contributed by atoms with van der Waals surface area (Å²) in [6.45, 7) is 3.04. The lowest BCUT2D eigenvalue weighted by atomic mass is 10.0. The molecule has 98 valence electrons. The molecule has 0 fully saturated rings. The first-order valence-electron chi connectivity index (χ1n) is 5.96. The zero-order valence-corrected chi connectivity index (χ0v) is 10.9. The summed E-state index contributed by atoms with van der Waals surface area (Å²) in [4.78, 5) is 8.20. The number of aliphatic hydroxyl groups is 1. The summed E-state index contributed by atoms with van der Waals surface area (Å²) in [5.41, 5.74) is 0.618. The number of halogens is 1. The Morgan fingerprint density at radius 2 is 2.33 bits per heavy atom. The van der Waals surface area contributed by atoms with Crippen molar-refractivity contribution >= 4 is 28.5 Å². The van der Waals surface area contributed by atoms with Gasteiger partial charge in [0.1, 0.15) is 5.82 Å². The lowest BCUT2D eigenvalue weighted by molar-refractivity contribution is 0.258. The molecule has 0 aliphatic carbocycles. The molecule has 0 saturated heterocycles. The molecule has 0 aromatic carbocycles. The second kappa shape index (κ2) is 5.97. The molecule has 2 aromatic rings. The normalized spacial score (nSPS) is 12.8. The van der Waals surface area contributed by atoms with Crippen molar-refractivity contribution in [3.63, 3.8) is 0 Å². The van der Waals surface area contributed by atoms with E-state index in [1.54, 1.807) is 6.20 Å². The fourth-order valence-corrected chi connectivity index (χ4v) is 1.99. The van der Waals surface area contributed by atoms with E-state index in [1.807, 2.05) is 0 Å². The van der Waals surface area contributed by atoms with E-state index in [2.05, 4.69) is 32.4 Å². The van der Waals surface area contributed by atoms with Crippen molar-refractivity contribution in [1.82, 2.24) is 20.2 Å². The molecule has 0 saturated carbocycles. The van der Waals surface area contributed by atoms with Crippen molar-refractivity contribution in [2.24, 2.45) is 5.92 Å². The van der Waals surface area contributed by atoms with Gasteiger partial charge in [0.25, 0.3) is 0 Å². The predicted octanol–water partition coefficient (Wildman–Crippen LogP) is 1.83. The highest BCUT2D eigenvalue weighted by atomic mass is 35.5. The topological polar surface area (TPSA) is 86.7 Å². The minimum atomic E-state index is 0.185. The van der Waals surface area contributed by atoms with Crippen LogP contribution in [0.2, 0.25) is 5.28 Å². The molecule has 2 rings (SSSR count). The van der Waals surface area contributed by atoms with Gasteiger partial charge in [0.2, 0.25) is 5.28 Å². The first-order chi connectivity index (χ1) is 8.74. The van der Waals surface area contributed by atoms with Crippen molar-refractivity contribution in [3.8, 4) is 0 Å². The number of hydrogen-bond donors (Lipinski definition) is 3. The van der Waals surface area contributed by atoms with E-state index >= 15 is 0 Å². The number of rotatable bonds is 6. The molecule has 0 radical (unpaired) electrons. The van der Waals surface area contributed by atoms with Gasteiger partial charge >= 0.3 is 0 Å². The fraction of sp³-hybridized carbons (Fsp3) is 0.545. The Morgan fingerprint density at radius 3 is 3.06 bits per heavy atom. The molecular formula is C11H16ClN5O. The van der Waals surface area contributed by atoms with Crippen molar-refractivity contribution in [3.05, 3.63) is 11.5 Å². The molecule has 0 aliphatic heterocycles. The van der Waals surface area contributed by atoms with Gasteiger partial charge in [-0.25, -0.2) is 0 Å². The highest BCUT2D eigenvalue weighted by molar-refractivity contribution is 6.28. The van der Waals surface area contributed by atoms with E-state index in [0.717, 1.165) is 24.8 Å². The number of fused-ring (bicyclic) bond motifs is 1. The van der Waals surface area contributed by atoms with Crippen molar-refractivity contribution in [2.45, 2.75) is 19.8 Å². The second-order valence-corrected chi connectivity index (χ2v) is 4.48. The summed E-state index contributed by atoms with van der Waals surface area (Å²) in [5, 5.41) is 19.9. The second-order valence-electron chi connectivity index (χ2n) is 4.14. The molecule has 1 atom stereocenters. The third kappa shape index (κ3) is 2.88. The van der Waals surface area contributed by atoms with Crippen LogP contribution in [-0.4, -0.2) is 38.4 Å². The Hall–Kier alpha value is -1.40. The number of nitrogens with one attached hydrogen (secondary N) is 2. The van der Waals surface area contributed by atoms with Crippen molar-refractivity contribution < 1.29 is 5.11 Å². The molecule has 6 nitrogen and oxygen atoms in total. The van der Waals surface area contributed by atoms with Crippen LogP contribution in [0.1, 0.15) is 19.8 Å². The predicted molar refractivity (Wildman–Crippen MR) is 70.7 cm³/mol. The molecular weight excluding hydrogens is 254 g/mol. The maximum atomic E-state index is 8.96. The summed E-state index contributed by atoms with van der Waals surface area (Å²) in [6.07, 6.45) is 3.44. The van der Waals surface area contributed by atoms with E-state index in [9.17, 15) is 0 Å². The number of H-pyrrole nitrogens is 1. The molecule has 7 heteroatoms. The zero-order valence-electron chi connectivity index (χ0n) is 10.1. The molecule has 2 aromatic heterocycles. The Bertz CT molecular complexity index is 515. The van der Waals surface area contributed by atoms with Crippen LogP contribution >= 0.6 is 11.6 Å². The highest BCUT2D eigenvalue weighted by Gasteiger charge is 2.10. The molecule has 1 unspecified atom stereocenters. The van der Waals surface area contributed by atoms with Crippen LogP contribution in [0, 0.1) is 5.92 Å². The Labute approximate surface area is 110 Å². The van der Waals surface area contributed by atoms with E-state index in [4.69, 9.17) is 16.7 Å². The largest absolute Gasteiger partial charge is 0.396 e. The maximum Gasteiger partial charge on any atom is 0.226 e. The van der Waals surface area contributed by atoms with E-state index in [0.29, 0.717) is 17.4 Å². The van der Waals surface area contributed by atoms with Gasteiger partial charge in [-0.05, 0) is 23.9 Å².